The minimum Gasteiger partial charge on any atom is -0.432 e. The molecule has 6 rings (SSSR count). The van der Waals surface area contributed by atoms with Gasteiger partial charge >= 0.3 is 6.61 Å². The molecule has 0 bridgehead atoms. The van der Waals surface area contributed by atoms with E-state index in [1.165, 1.54) is 40.0 Å². The van der Waals surface area contributed by atoms with Crippen molar-refractivity contribution in [1.29, 1.82) is 0 Å². The van der Waals surface area contributed by atoms with Crippen molar-refractivity contribution in [3.05, 3.63) is 71.9 Å². The molecule has 4 aromatic rings. The van der Waals surface area contributed by atoms with Gasteiger partial charge in [-0.25, -0.2) is 18.7 Å². The second-order valence-electron chi connectivity index (χ2n) is 10.7. The SMILES string of the molecule is O=C(c1ccc(Nc2nccn3c(-c4ccc(OC(F)F)c(F)c4F)cnc23)cc1F)N1CCN(C(=O)C2CCNCC2)CC1. The number of ether oxygens (including phenoxy) is 1. The Bertz CT molecular complexity index is 1740. The van der Waals surface area contributed by atoms with E-state index in [2.05, 4.69) is 25.3 Å². The number of rotatable bonds is 7. The Labute approximate surface area is 253 Å². The van der Waals surface area contributed by atoms with Crippen LogP contribution in [0.25, 0.3) is 16.9 Å². The second-order valence-corrected chi connectivity index (χ2v) is 10.7. The third-order valence-electron chi connectivity index (χ3n) is 8.00. The molecule has 0 radical (unpaired) electrons. The molecule has 10 nitrogen and oxygen atoms in total. The monoisotopic (exact) mass is 629 g/mol. The zero-order chi connectivity index (χ0) is 31.7. The van der Waals surface area contributed by atoms with Crippen molar-refractivity contribution in [2.75, 3.05) is 44.6 Å². The maximum atomic E-state index is 15.2. The number of piperazine rings is 1. The van der Waals surface area contributed by atoms with Gasteiger partial charge in [-0.1, -0.05) is 0 Å². The molecule has 0 unspecified atom stereocenters. The predicted octanol–water partition coefficient (Wildman–Crippen LogP) is 4.44. The van der Waals surface area contributed by atoms with Crippen LogP contribution in [0.1, 0.15) is 23.2 Å². The van der Waals surface area contributed by atoms with Gasteiger partial charge in [0.15, 0.2) is 23.0 Å². The number of hydrogen-bond acceptors (Lipinski definition) is 7. The second kappa shape index (κ2) is 12.7. The Morgan fingerprint density at radius 3 is 2.40 bits per heavy atom. The molecule has 0 aliphatic carbocycles. The molecule has 2 aliphatic heterocycles. The van der Waals surface area contributed by atoms with Crippen LogP contribution in [-0.2, 0) is 4.79 Å². The van der Waals surface area contributed by atoms with Crippen molar-refractivity contribution in [2.24, 2.45) is 5.92 Å². The van der Waals surface area contributed by atoms with E-state index in [1.54, 1.807) is 4.90 Å². The summed E-state index contributed by atoms with van der Waals surface area (Å²) >= 11 is 0. The number of nitrogens with zero attached hydrogens (tertiary/aromatic N) is 5. The zero-order valence-corrected chi connectivity index (χ0v) is 23.8. The van der Waals surface area contributed by atoms with E-state index in [0.717, 1.165) is 44.1 Å². The van der Waals surface area contributed by atoms with E-state index in [0.29, 0.717) is 26.2 Å². The van der Waals surface area contributed by atoms with Crippen LogP contribution in [0.4, 0.5) is 33.5 Å². The van der Waals surface area contributed by atoms with E-state index in [4.69, 9.17) is 0 Å². The number of anilines is 2. The summed E-state index contributed by atoms with van der Waals surface area (Å²) in [6.07, 6.45) is 5.63. The average Bonchev–Trinajstić information content (AvgIpc) is 3.48. The molecule has 236 valence electrons. The quantitative estimate of drug-likeness (QED) is 0.292. The number of hydrogen-bond donors (Lipinski definition) is 2. The average molecular weight is 630 g/mol. The molecule has 0 spiro atoms. The third-order valence-corrected chi connectivity index (χ3v) is 8.00. The van der Waals surface area contributed by atoms with Crippen LogP contribution in [0, 0.1) is 23.4 Å². The highest BCUT2D eigenvalue weighted by Crippen LogP contribution is 2.32. The summed E-state index contributed by atoms with van der Waals surface area (Å²) < 4.78 is 74.8. The van der Waals surface area contributed by atoms with Crippen LogP contribution in [0.2, 0.25) is 0 Å². The van der Waals surface area contributed by atoms with Crippen molar-refractivity contribution in [1.82, 2.24) is 29.5 Å². The van der Waals surface area contributed by atoms with Crippen LogP contribution >= 0.6 is 0 Å². The molecule has 45 heavy (non-hydrogen) atoms. The van der Waals surface area contributed by atoms with E-state index in [9.17, 15) is 27.2 Å². The summed E-state index contributed by atoms with van der Waals surface area (Å²) in [4.78, 5) is 37.7. The summed E-state index contributed by atoms with van der Waals surface area (Å²) in [5, 5.41) is 6.17. The maximum absolute atomic E-state index is 15.2. The lowest BCUT2D eigenvalue weighted by molar-refractivity contribution is -0.137. The van der Waals surface area contributed by atoms with Crippen LogP contribution < -0.4 is 15.4 Å². The van der Waals surface area contributed by atoms with E-state index >= 15 is 4.39 Å². The number of nitrogens with one attached hydrogen (secondary N) is 2. The topological polar surface area (TPSA) is 104 Å². The van der Waals surface area contributed by atoms with E-state index in [-0.39, 0.29) is 45.8 Å². The molecule has 2 fully saturated rings. The number of halogens is 5. The summed E-state index contributed by atoms with van der Waals surface area (Å²) in [6, 6.07) is 5.96. The van der Waals surface area contributed by atoms with Gasteiger partial charge in [-0.05, 0) is 56.3 Å². The highest BCUT2D eigenvalue weighted by Gasteiger charge is 2.31. The van der Waals surface area contributed by atoms with E-state index < -0.39 is 35.7 Å². The van der Waals surface area contributed by atoms with Gasteiger partial charge in [0.1, 0.15) is 5.82 Å². The first kappa shape index (κ1) is 30.2. The van der Waals surface area contributed by atoms with Crippen molar-refractivity contribution in [3.8, 4) is 17.0 Å². The van der Waals surface area contributed by atoms with Gasteiger partial charge in [0.2, 0.25) is 11.7 Å². The molecule has 15 heteroatoms. The fraction of sp³-hybridized carbons (Fsp3) is 0.333. The highest BCUT2D eigenvalue weighted by molar-refractivity contribution is 5.95. The largest absolute Gasteiger partial charge is 0.432 e. The summed E-state index contributed by atoms with van der Waals surface area (Å²) in [6.45, 7) is -0.317. The fourth-order valence-electron chi connectivity index (χ4n) is 5.65. The van der Waals surface area contributed by atoms with E-state index in [1.807, 2.05) is 0 Å². The number of carbonyl (C=O) groups is 2. The minimum atomic E-state index is -3.33. The lowest BCUT2D eigenvalue weighted by Crippen LogP contribution is -2.52. The van der Waals surface area contributed by atoms with Gasteiger partial charge in [0.25, 0.3) is 5.91 Å². The van der Waals surface area contributed by atoms with Crippen LogP contribution in [0.5, 0.6) is 5.75 Å². The lowest BCUT2D eigenvalue weighted by atomic mass is 9.96. The van der Waals surface area contributed by atoms with Crippen molar-refractivity contribution >= 4 is 29.0 Å². The number of piperidine rings is 1. The van der Waals surface area contributed by atoms with Gasteiger partial charge in [0.05, 0.1) is 17.5 Å². The third kappa shape index (κ3) is 6.12. The Morgan fingerprint density at radius 1 is 0.956 bits per heavy atom. The van der Waals surface area contributed by atoms with Gasteiger partial charge in [-0.3, -0.25) is 14.0 Å². The molecule has 2 amide bonds. The minimum absolute atomic E-state index is 0.00855. The molecule has 0 saturated carbocycles. The smallest absolute Gasteiger partial charge is 0.387 e. The number of benzene rings is 2. The first-order valence-corrected chi connectivity index (χ1v) is 14.3. The first-order valence-electron chi connectivity index (χ1n) is 14.3. The molecular weight excluding hydrogens is 601 g/mol. The Morgan fingerprint density at radius 2 is 1.69 bits per heavy atom. The molecule has 2 aliphatic rings. The van der Waals surface area contributed by atoms with Gasteiger partial charge < -0.3 is 25.2 Å². The number of aromatic nitrogens is 3. The predicted molar refractivity (Wildman–Crippen MR) is 153 cm³/mol. The fourth-order valence-corrected chi connectivity index (χ4v) is 5.65. The molecular formula is C30H28F5N7O3. The van der Waals surface area contributed by atoms with Crippen molar-refractivity contribution in [2.45, 2.75) is 19.5 Å². The Kier molecular flexibility index (Phi) is 8.52. The van der Waals surface area contributed by atoms with Gasteiger partial charge in [-0.15, -0.1) is 0 Å². The molecule has 4 heterocycles. The lowest BCUT2D eigenvalue weighted by Gasteiger charge is -2.37. The standard InChI is InChI=1S/C30H28F5N7O3/c31-21-15-18(1-2-19(21)29(44)41-13-11-40(12-14-41)28(43)17-5-7-36-8-6-17)39-26-27-38-16-22(42(27)10-9-37-26)20-3-4-23(45-30(34)35)25(33)24(20)32/h1-4,9-10,15-17,30,36H,5-8,11-14H2,(H,37,39). The van der Waals surface area contributed by atoms with Crippen LogP contribution in [-0.4, -0.2) is 81.9 Å². The summed E-state index contributed by atoms with van der Waals surface area (Å²) in [5.74, 6) is -4.92. The zero-order valence-electron chi connectivity index (χ0n) is 23.8. The number of imidazole rings is 1. The summed E-state index contributed by atoms with van der Waals surface area (Å²) in [5.41, 5.74) is 0.143. The number of fused-ring (bicyclic) bond motifs is 1. The maximum Gasteiger partial charge on any atom is 0.387 e. The highest BCUT2D eigenvalue weighted by atomic mass is 19.3. The number of alkyl halides is 2. The van der Waals surface area contributed by atoms with Crippen molar-refractivity contribution in [3.63, 3.8) is 0 Å². The van der Waals surface area contributed by atoms with Gasteiger partial charge in [0, 0.05) is 55.7 Å². The molecule has 2 aromatic carbocycles. The molecule has 2 N–H and O–H groups in total. The first-order chi connectivity index (χ1) is 21.7. The van der Waals surface area contributed by atoms with Crippen molar-refractivity contribution < 1.29 is 36.3 Å². The Balaban J connectivity index is 1.15. The van der Waals surface area contributed by atoms with Crippen LogP contribution in [0.3, 0.4) is 0 Å². The number of carbonyl (C=O) groups excluding carboxylic acids is 2. The molecule has 2 aromatic heterocycles. The van der Waals surface area contributed by atoms with Crippen LogP contribution in [0.15, 0.2) is 48.9 Å². The normalized spacial score (nSPS) is 16.0. The molecule has 2 saturated heterocycles. The summed E-state index contributed by atoms with van der Waals surface area (Å²) in [7, 11) is 0. The molecule has 0 atom stereocenters. The van der Waals surface area contributed by atoms with Gasteiger partial charge in [-0.2, -0.15) is 13.2 Å². The Hall–Kier alpha value is -4.79. The number of amides is 2.